The summed E-state index contributed by atoms with van der Waals surface area (Å²) in [6.45, 7) is 1.10. The van der Waals surface area contributed by atoms with Crippen LogP contribution in [0, 0.1) is 0 Å². The van der Waals surface area contributed by atoms with Crippen LogP contribution in [0.15, 0.2) is 30.6 Å². The first kappa shape index (κ1) is 20.7. The smallest absolute Gasteiger partial charge is 0.272 e. The zero-order chi connectivity index (χ0) is 19.8. The molecule has 9 heteroatoms. The van der Waals surface area contributed by atoms with E-state index in [-0.39, 0.29) is 35.6 Å². The van der Waals surface area contributed by atoms with Gasteiger partial charge >= 0.3 is 0 Å². The monoisotopic (exact) mass is 397 g/mol. The number of nitrogens with zero attached hydrogens (tertiary/aromatic N) is 2. The van der Waals surface area contributed by atoms with Crippen molar-refractivity contribution >= 4 is 23.3 Å². The molecule has 2 rings (SSSR count). The molecule has 0 aliphatic heterocycles. The van der Waals surface area contributed by atoms with Crippen LogP contribution in [0.3, 0.4) is 0 Å². The number of nitrogens with one attached hydrogen (secondary N) is 1. The van der Waals surface area contributed by atoms with E-state index in [0.29, 0.717) is 23.2 Å². The van der Waals surface area contributed by atoms with Gasteiger partial charge in [0.2, 0.25) is 5.88 Å². The summed E-state index contributed by atoms with van der Waals surface area (Å²) in [5, 5.41) is 2.77. The number of carbonyl (C=O) groups excluding carboxylic acids is 2. The summed E-state index contributed by atoms with van der Waals surface area (Å²) in [5.41, 5.74) is 1.48. The number of Topliss-reactive ketones (excluding diaryl/α,β-unsaturated/α-hetero) is 1. The molecule has 1 amide bonds. The van der Waals surface area contributed by atoms with E-state index in [9.17, 15) is 18.4 Å². The number of hydrogen-bond acceptors (Lipinski definition) is 5. The highest BCUT2D eigenvalue weighted by Gasteiger charge is 2.11. The highest BCUT2D eigenvalue weighted by atomic mass is 35.5. The number of hydrogen-bond donors (Lipinski definition) is 1. The molecule has 0 unspecified atom stereocenters. The highest BCUT2D eigenvalue weighted by Crippen LogP contribution is 2.22. The van der Waals surface area contributed by atoms with Crippen molar-refractivity contribution in [2.24, 2.45) is 0 Å². The van der Waals surface area contributed by atoms with E-state index in [4.69, 9.17) is 16.3 Å². The first-order chi connectivity index (χ1) is 12.9. The molecule has 2 aromatic heterocycles. The quantitative estimate of drug-likeness (QED) is 0.702. The van der Waals surface area contributed by atoms with Gasteiger partial charge in [-0.15, -0.1) is 0 Å². The molecule has 0 saturated carbocycles. The molecule has 0 bridgehead atoms. The second-order valence-corrected chi connectivity index (χ2v) is 6.03. The van der Waals surface area contributed by atoms with Crippen molar-refractivity contribution in [3.63, 3.8) is 0 Å². The largest absolute Gasteiger partial charge is 0.471 e. The maximum absolute atomic E-state index is 12.3. The van der Waals surface area contributed by atoms with Gasteiger partial charge in [-0.1, -0.05) is 18.5 Å². The molecule has 0 saturated heterocycles. The van der Waals surface area contributed by atoms with E-state index in [1.54, 1.807) is 19.1 Å². The number of aromatic nitrogens is 2. The Morgan fingerprint density at radius 2 is 2.07 bits per heavy atom. The Kier molecular flexibility index (Phi) is 7.60. The maximum Gasteiger partial charge on any atom is 0.272 e. The summed E-state index contributed by atoms with van der Waals surface area (Å²) in [7, 11) is 0. The van der Waals surface area contributed by atoms with Crippen LogP contribution in [0.5, 0.6) is 5.88 Å². The number of amides is 1. The van der Waals surface area contributed by atoms with Gasteiger partial charge in [-0.05, 0) is 23.8 Å². The van der Waals surface area contributed by atoms with Gasteiger partial charge in [0, 0.05) is 43.0 Å². The fourth-order valence-corrected chi connectivity index (χ4v) is 2.38. The average molecular weight is 398 g/mol. The van der Waals surface area contributed by atoms with Crippen LogP contribution in [0.4, 0.5) is 8.78 Å². The summed E-state index contributed by atoms with van der Waals surface area (Å²) < 4.78 is 29.1. The Bertz CT molecular complexity index is 818. The van der Waals surface area contributed by atoms with Crippen molar-refractivity contribution in [2.45, 2.75) is 32.7 Å². The van der Waals surface area contributed by atoms with E-state index in [2.05, 4.69) is 15.3 Å². The van der Waals surface area contributed by atoms with E-state index < -0.39 is 13.0 Å². The zero-order valence-electron chi connectivity index (χ0n) is 14.5. The summed E-state index contributed by atoms with van der Waals surface area (Å²) in [6.07, 6.45) is 0.811. The highest BCUT2D eigenvalue weighted by molar-refractivity contribution is 6.31. The predicted octanol–water partition coefficient (Wildman–Crippen LogP) is 3.23. The van der Waals surface area contributed by atoms with Crippen molar-refractivity contribution in [3.8, 4) is 5.88 Å². The lowest BCUT2D eigenvalue weighted by Gasteiger charge is -2.09. The fraction of sp³-hybridized carbons (Fsp3) is 0.333. The van der Waals surface area contributed by atoms with E-state index in [1.807, 2.05) is 0 Å². The predicted molar refractivity (Wildman–Crippen MR) is 95.2 cm³/mol. The molecule has 27 heavy (non-hydrogen) atoms. The number of rotatable bonds is 9. The van der Waals surface area contributed by atoms with Crippen molar-refractivity contribution < 1.29 is 23.1 Å². The third-order valence-electron chi connectivity index (χ3n) is 3.51. The Labute approximate surface area is 159 Å². The van der Waals surface area contributed by atoms with Crippen molar-refractivity contribution in [1.82, 2.24) is 15.3 Å². The number of ether oxygens (including phenoxy) is 1. The van der Waals surface area contributed by atoms with Crippen LogP contribution >= 0.6 is 11.6 Å². The summed E-state index contributed by atoms with van der Waals surface area (Å²) in [6, 6.07) is 4.59. The average Bonchev–Trinajstić information content (AvgIpc) is 2.65. The first-order valence-electron chi connectivity index (χ1n) is 8.19. The van der Waals surface area contributed by atoms with Crippen molar-refractivity contribution in [3.05, 3.63) is 52.4 Å². The molecule has 0 aliphatic rings. The van der Waals surface area contributed by atoms with Gasteiger partial charge in [0.25, 0.3) is 12.3 Å². The minimum absolute atomic E-state index is 0.0370. The molecule has 0 spiro atoms. The number of halogens is 3. The van der Waals surface area contributed by atoms with Crippen molar-refractivity contribution in [1.29, 1.82) is 0 Å². The summed E-state index contributed by atoms with van der Waals surface area (Å²) in [5.74, 6) is -0.405. The second-order valence-electron chi connectivity index (χ2n) is 5.62. The minimum Gasteiger partial charge on any atom is -0.471 e. The molecule has 0 radical (unpaired) electrons. The number of pyridine rings is 2. The van der Waals surface area contributed by atoms with Crippen LogP contribution in [0.2, 0.25) is 5.02 Å². The van der Waals surface area contributed by atoms with Crippen LogP contribution in [0.25, 0.3) is 0 Å². The normalized spacial score (nSPS) is 10.7. The maximum atomic E-state index is 12.3. The lowest BCUT2D eigenvalue weighted by molar-refractivity contribution is -0.118. The third-order valence-corrected chi connectivity index (χ3v) is 3.79. The molecule has 0 aromatic carbocycles. The molecule has 144 valence electrons. The lowest BCUT2D eigenvalue weighted by atomic mass is 10.1. The fourth-order valence-electron chi connectivity index (χ4n) is 2.14. The van der Waals surface area contributed by atoms with Crippen LogP contribution in [-0.4, -0.2) is 34.7 Å². The Morgan fingerprint density at radius 3 is 2.74 bits per heavy atom. The Hall–Kier alpha value is -2.61. The lowest BCUT2D eigenvalue weighted by Crippen LogP contribution is -2.23. The SMILES string of the molecule is CCC(=O)Cc1cc(C(=O)NCc2cnc(OCC(F)F)c(Cl)c2)ccn1. The zero-order valence-corrected chi connectivity index (χ0v) is 15.3. The molecule has 0 fully saturated rings. The van der Waals surface area contributed by atoms with E-state index in [0.717, 1.165) is 0 Å². The van der Waals surface area contributed by atoms with Crippen LogP contribution < -0.4 is 10.1 Å². The minimum atomic E-state index is -2.63. The molecule has 6 nitrogen and oxygen atoms in total. The number of alkyl halides is 2. The molecule has 1 N–H and O–H groups in total. The Balaban J connectivity index is 1.96. The number of carbonyl (C=O) groups is 2. The standard InChI is InChI=1S/C18H18ClF2N3O3/c1-2-14(25)7-13-6-12(3-4-22-13)17(26)23-8-11-5-15(19)18(24-9-11)27-10-16(20)21/h3-6,9,16H,2,7-8,10H2,1H3,(H,23,26). The number of ketones is 1. The van der Waals surface area contributed by atoms with E-state index in [1.165, 1.54) is 18.5 Å². The van der Waals surface area contributed by atoms with Crippen molar-refractivity contribution in [2.75, 3.05) is 6.61 Å². The third kappa shape index (κ3) is 6.56. The molecule has 2 aromatic rings. The van der Waals surface area contributed by atoms with Gasteiger partial charge in [-0.25, -0.2) is 13.8 Å². The van der Waals surface area contributed by atoms with Gasteiger partial charge in [0.1, 0.15) is 10.8 Å². The van der Waals surface area contributed by atoms with Gasteiger partial charge < -0.3 is 10.1 Å². The topological polar surface area (TPSA) is 81.2 Å². The van der Waals surface area contributed by atoms with Gasteiger partial charge in [0.15, 0.2) is 6.61 Å². The van der Waals surface area contributed by atoms with Gasteiger partial charge in [0.05, 0.1) is 0 Å². The van der Waals surface area contributed by atoms with Crippen LogP contribution in [0.1, 0.15) is 35.0 Å². The van der Waals surface area contributed by atoms with Gasteiger partial charge in [-0.2, -0.15) is 0 Å². The molecule has 0 aliphatic carbocycles. The van der Waals surface area contributed by atoms with E-state index >= 15 is 0 Å². The molecule has 0 atom stereocenters. The van der Waals surface area contributed by atoms with Gasteiger partial charge in [-0.3, -0.25) is 14.6 Å². The summed E-state index contributed by atoms with van der Waals surface area (Å²) >= 11 is 5.94. The van der Waals surface area contributed by atoms with Crippen LogP contribution in [-0.2, 0) is 17.8 Å². The molecule has 2 heterocycles. The molecular formula is C18H18ClF2N3O3. The Morgan fingerprint density at radius 1 is 1.30 bits per heavy atom. The second kappa shape index (κ2) is 9.91. The summed E-state index contributed by atoms with van der Waals surface area (Å²) in [4.78, 5) is 31.7. The first-order valence-corrected chi connectivity index (χ1v) is 8.57. The molecular weight excluding hydrogens is 380 g/mol.